The lowest BCUT2D eigenvalue weighted by Crippen LogP contribution is -2.10. The average molecular weight is 600 g/mol. The SMILES string of the molecule is c1ccc(-c2cccc(N(c3cccc(-c4ccccc4)c3)c3cccc(-c4cccc(-c5cccc6ccccc56)c4)c3)c2)cc1. The highest BCUT2D eigenvalue weighted by Crippen LogP contribution is 2.40. The second-order valence-corrected chi connectivity index (χ2v) is 11.8. The normalized spacial score (nSPS) is 11.0. The molecule has 0 aromatic heterocycles. The fourth-order valence-electron chi connectivity index (χ4n) is 6.53. The summed E-state index contributed by atoms with van der Waals surface area (Å²) in [4.78, 5) is 2.37. The van der Waals surface area contributed by atoms with Crippen molar-refractivity contribution in [3.8, 4) is 44.5 Å². The molecule has 0 atom stereocenters. The van der Waals surface area contributed by atoms with E-state index < -0.39 is 0 Å². The Balaban J connectivity index is 1.25. The zero-order valence-corrected chi connectivity index (χ0v) is 26.0. The molecule has 0 saturated carbocycles. The van der Waals surface area contributed by atoms with E-state index in [1.54, 1.807) is 0 Å². The Morgan fingerprint density at radius 2 is 0.638 bits per heavy atom. The van der Waals surface area contributed by atoms with Crippen LogP contribution in [0.1, 0.15) is 0 Å². The second kappa shape index (κ2) is 12.7. The van der Waals surface area contributed by atoms with Crippen molar-refractivity contribution in [1.82, 2.24) is 0 Å². The second-order valence-electron chi connectivity index (χ2n) is 11.8. The number of anilines is 3. The van der Waals surface area contributed by atoms with Crippen LogP contribution in [0.25, 0.3) is 55.3 Å². The molecule has 0 spiro atoms. The maximum Gasteiger partial charge on any atom is 0.0467 e. The van der Waals surface area contributed by atoms with Crippen LogP contribution in [0.2, 0.25) is 0 Å². The molecule has 47 heavy (non-hydrogen) atoms. The lowest BCUT2D eigenvalue weighted by Gasteiger charge is -2.27. The minimum Gasteiger partial charge on any atom is -0.310 e. The van der Waals surface area contributed by atoms with Crippen molar-refractivity contribution in [2.24, 2.45) is 0 Å². The summed E-state index contributed by atoms with van der Waals surface area (Å²) in [7, 11) is 0. The van der Waals surface area contributed by atoms with Gasteiger partial charge in [-0.3, -0.25) is 0 Å². The molecule has 0 saturated heterocycles. The molecule has 0 aliphatic carbocycles. The molecule has 0 aliphatic rings. The molecule has 8 aromatic rings. The van der Waals surface area contributed by atoms with Crippen molar-refractivity contribution in [2.75, 3.05) is 4.90 Å². The monoisotopic (exact) mass is 599 g/mol. The third-order valence-electron chi connectivity index (χ3n) is 8.82. The smallest absolute Gasteiger partial charge is 0.0467 e. The van der Waals surface area contributed by atoms with Crippen LogP contribution < -0.4 is 4.90 Å². The molecule has 8 aromatic carbocycles. The van der Waals surface area contributed by atoms with Crippen molar-refractivity contribution in [3.63, 3.8) is 0 Å². The maximum absolute atomic E-state index is 2.37. The first-order valence-electron chi connectivity index (χ1n) is 16.1. The minimum absolute atomic E-state index is 1.11. The van der Waals surface area contributed by atoms with Gasteiger partial charge in [0, 0.05) is 17.1 Å². The van der Waals surface area contributed by atoms with Crippen molar-refractivity contribution in [2.45, 2.75) is 0 Å². The van der Waals surface area contributed by atoms with E-state index in [9.17, 15) is 0 Å². The van der Waals surface area contributed by atoms with Gasteiger partial charge in [0.2, 0.25) is 0 Å². The van der Waals surface area contributed by atoms with Crippen LogP contribution in [0.5, 0.6) is 0 Å². The first-order chi connectivity index (χ1) is 23.3. The molecular weight excluding hydrogens is 567 g/mol. The fourth-order valence-corrected chi connectivity index (χ4v) is 6.53. The van der Waals surface area contributed by atoms with E-state index in [1.807, 2.05) is 0 Å². The first-order valence-corrected chi connectivity index (χ1v) is 16.1. The average Bonchev–Trinajstić information content (AvgIpc) is 3.16. The zero-order chi connectivity index (χ0) is 31.4. The third kappa shape index (κ3) is 5.83. The highest BCUT2D eigenvalue weighted by Gasteiger charge is 2.16. The molecule has 0 radical (unpaired) electrons. The quantitative estimate of drug-likeness (QED) is 0.176. The van der Waals surface area contributed by atoms with Gasteiger partial charge in [-0.1, -0.05) is 158 Å². The van der Waals surface area contributed by atoms with Gasteiger partial charge in [-0.2, -0.15) is 0 Å². The lowest BCUT2D eigenvalue weighted by molar-refractivity contribution is 1.28. The molecule has 0 N–H and O–H groups in total. The van der Waals surface area contributed by atoms with Gasteiger partial charge < -0.3 is 4.90 Å². The van der Waals surface area contributed by atoms with Gasteiger partial charge in [-0.05, 0) is 97.7 Å². The number of hydrogen-bond donors (Lipinski definition) is 0. The Morgan fingerprint density at radius 1 is 0.255 bits per heavy atom. The van der Waals surface area contributed by atoms with Crippen LogP contribution in [0.3, 0.4) is 0 Å². The van der Waals surface area contributed by atoms with E-state index in [0.29, 0.717) is 0 Å². The van der Waals surface area contributed by atoms with Crippen LogP contribution in [0.4, 0.5) is 17.1 Å². The summed E-state index contributed by atoms with van der Waals surface area (Å²) in [5, 5.41) is 2.52. The van der Waals surface area contributed by atoms with Gasteiger partial charge in [-0.15, -0.1) is 0 Å². The maximum atomic E-state index is 2.37. The molecular formula is C46H33N. The summed E-state index contributed by atoms with van der Waals surface area (Å²) < 4.78 is 0. The predicted octanol–water partition coefficient (Wildman–Crippen LogP) is 13.0. The van der Waals surface area contributed by atoms with Crippen molar-refractivity contribution in [3.05, 3.63) is 200 Å². The highest BCUT2D eigenvalue weighted by atomic mass is 15.1. The van der Waals surface area contributed by atoms with Crippen LogP contribution in [0, 0.1) is 0 Å². The Morgan fingerprint density at radius 3 is 1.21 bits per heavy atom. The fraction of sp³-hybridized carbons (Fsp3) is 0. The Kier molecular flexibility index (Phi) is 7.63. The van der Waals surface area contributed by atoms with Gasteiger partial charge >= 0.3 is 0 Å². The van der Waals surface area contributed by atoms with Gasteiger partial charge in [0.05, 0.1) is 0 Å². The number of rotatable bonds is 7. The van der Waals surface area contributed by atoms with E-state index >= 15 is 0 Å². The number of hydrogen-bond acceptors (Lipinski definition) is 1. The summed E-state index contributed by atoms with van der Waals surface area (Å²) in [6.07, 6.45) is 0. The minimum atomic E-state index is 1.11. The molecule has 0 bridgehead atoms. The third-order valence-corrected chi connectivity index (χ3v) is 8.82. The summed E-state index contributed by atoms with van der Waals surface area (Å²) >= 11 is 0. The summed E-state index contributed by atoms with van der Waals surface area (Å²) in [5.74, 6) is 0. The van der Waals surface area contributed by atoms with Gasteiger partial charge in [0.1, 0.15) is 0 Å². The van der Waals surface area contributed by atoms with Crippen molar-refractivity contribution in [1.29, 1.82) is 0 Å². The highest BCUT2D eigenvalue weighted by molar-refractivity contribution is 5.97. The molecule has 0 fully saturated rings. The molecule has 8 rings (SSSR count). The van der Waals surface area contributed by atoms with Gasteiger partial charge in [0.25, 0.3) is 0 Å². The topological polar surface area (TPSA) is 3.24 Å². The Labute approximate surface area is 276 Å². The van der Waals surface area contributed by atoms with Gasteiger partial charge in [0.15, 0.2) is 0 Å². The molecule has 222 valence electrons. The first kappa shape index (κ1) is 28.3. The van der Waals surface area contributed by atoms with Crippen LogP contribution in [-0.4, -0.2) is 0 Å². The van der Waals surface area contributed by atoms with Crippen LogP contribution in [0.15, 0.2) is 200 Å². The standard InChI is InChI=1S/C46H33N/c1-3-14-34(15-4-1)38-21-10-25-42(31-38)47(43-26-11-22-39(32-43)35-16-5-2-6-17-35)44-27-12-23-40(33-44)37-20-9-24-41(30-37)46-29-13-19-36-18-7-8-28-45(36)46/h1-33H. The van der Waals surface area contributed by atoms with E-state index in [2.05, 4.69) is 205 Å². The largest absolute Gasteiger partial charge is 0.310 e. The zero-order valence-electron chi connectivity index (χ0n) is 26.0. The van der Waals surface area contributed by atoms with Crippen molar-refractivity contribution >= 4 is 27.8 Å². The Bertz CT molecular complexity index is 2210. The van der Waals surface area contributed by atoms with Gasteiger partial charge in [-0.25, -0.2) is 0 Å². The molecule has 0 aliphatic heterocycles. The van der Waals surface area contributed by atoms with E-state index in [1.165, 1.54) is 55.3 Å². The summed E-state index contributed by atoms with van der Waals surface area (Å²) in [6.45, 7) is 0. The summed E-state index contributed by atoms with van der Waals surface area (Å²) in [5.41, 5.74) is 12.9. The van der Waals surface area contributed by atoms with Crippen molar-refractivity contribution < 1.29 is 0 Å². The number of benzene rings is 8. The summed E-state index contributed by atoms with van der Waals surface area (Å²) in [6, 6.07) is 71.9. The Hall–Kier alpha value is -6.18. The molecule has 0 heterocycles. The molecule has 1 nitrogen and oxygen atoms in total. The van der Waals surface area contributed by atoms with Crippen LogP contribution in [-0.2, 0) is 0 Å². The van der Waals surface area contributed by atoms with E-state index in [4.69, 9.17) is 0 Å². The molecule has 0 amide bonds. The number of fused-ring (bicyclic) bond motifs is 1. The molecule has 1 heteroatoms. The molecule has 0 unspecified atom stereocenters. The predicted molar refractivity (Wildman–Crippen MR) is 200 cm³/mol. The van der Waals surface area contributed by atoms with E-state index in [-0.39, 0.29) is 0 Å². The van der Waals surface area contributed by atoms with E-state index in [0.717, 1.165) is 17.1 Å². The number of nitrogens with zero attached hydrogens (tertiary/aromatic N) is 1. The lowest BCUT2D eigenvalue weighted by atomic mass is 9.95. The van der Waals surface area contributed by atoms with Crippen LogP contribution >= 0.6 is 0 Å².